The van der Waals surface area contributed by atoms with E-state index in [1.165, 1.54) is 56.7 Å². The first-order valence-electron chi connectivity index (χ1n) is 10.8. The third kappa shape index (κ3) is 5.18. The Labute approximate surface area is 198 Å². The Bertz CT molecular complexity index is 1270. The smallest absolute Gasteiger partial charge is 0.257 e. The van der Waals surface area contributed by atoms with Gasteiger partial charge in [-0.3, -0.25) is 4.79 Å². The standard InChI is InChI=1S/C24H25FN4O4S/c1-28(2)34(31,32)20-10-11-22(29-13-3-4-14-29)21(15-20)24(30)27-18-7-12-23(26-16-18)33-19-8-5-17(25)6-9-19/h5-12,15-16H,3-4,13-14H2,1-2H3,(H,27,30). The average Bonchev–Trinajstić information content (AvgIpc) is 3.36. The van der Waals surface area contributed by atoms with Crippen molar-refractivity contribution in [2.24, 2.45) is 0 Å². The molecular formula is C24H25FN4O4S. The van der Waals surface area contributed by atoms with Crippen molar-refractivity contribution in [2.75, 3.05) is 37.4 Å². The summed E-state index contributed by atoms with van der Waals surface area (Å²) in [6.45, 7) is 1.61. The molecule has 34 heavy (non-hydrogen) atoms. The Balaban J connectivity index is 1.56. The summed E-state index contributed by atoms with van der Waals surface area (Å²) in [5, 5.41) is 2.79. The van der Waals surface area contributed by atoms with E-state index in [2.05, 4.69) is 15.2 Å². The minimum atomic E-state index is -3.70. The fourth-order valence-electron chi connectivity index (χ4n) is 3.64. The van der Waals surface area contributed by atoms with Crippen LogP contribution in [0.2, 0.25) is 0 Å². The number of pyridine rings is 1. The van der Waals surface area contributed by atoms with Gasteiger partial charge in [-0.15, -0.1) is 0 Å². The lowest BCUT2D eigenvalue weighted by molar-refractivity contribution is 0.102. The third-order valence-electron chi connectivity index (χ3n) is 5.47. The Kier molecular flexibility index (Phi) is 6.80. The summed E-state index contributed by atoms with van der Waals surface area (Å²) in [5.41, 5.74) is 1.39. The Morgan fingerprint density at radius 1 is 1.06 bits per heavy atom. The molecule has 0 unspecified atom stereocenters. The molecule has 0 spiro atoms. The van der Waals surface area contributed by atoms with Crippen LogP contribution >= 0.6 is 0 Å². The van der Waals surface area contributed by atoms with E-state index in [0.29, 0.717) is 17.1 Å². The Morgan fingerprint density at radius 2 is 1.76 bits per heavy atom. The van der Waals surface area contributed by atoms with Crippen molar-refractivity contribution in [3.8, 4) is 11.6 Å². The molecule has 2 heterocycles. The van der Waals surface area contributed by atoms with E-state index in [1.54, 1.807) is 18.2 Å². The molecule has 1 aliphatic rings. The highest BCUT2D eigenvalue weighted by molar-refractivity contribution is 7.89. The summed E-state index contributed by atoms with van der Waals surface area (Å²) in [6, 6.07) is 13.4. The van der Waals surface area contributed by atoms with Crippen LogP contribution in [0.4, 0.5) is 15.8 Å². The Morgan fingerprint density at radius 3 is 2.38 bits per heavy atom. The van der Waals surface area contributed by atoms with Crippen molar-refractivity contribution < 1.29 is 22.3 Å². The fourth-order valence-corrected chi connectivity index (χ4v) is 4.57. The number of hydrogen-bond acceptors (Lipinski definition) is 6. The highest BCUT2D eigenvalue weighted by atomic mass is 32.2. The number of ether oxygens (including phenoxy) is 1. The molecule has 1 aromatic heterocycles. The second-order valence-corrected chi connectivity index (χ2v) is 10.2. The molecule has 0 saturated carbocycles. The maximum atomic E-state index is 13.2. The highest BCUT2D eigenvalue weighted by Crippen LogP contribution is 2.29. The molecule has 8 nitrogen and oxygen atoms in total. The molecular weight excluding hydrogens is 459 g/mol. The predicted molar refractivity (Wildman–Crippen MR) is 127 cm³/mol. The van der Waals surface area contributed by atoms with Crippen molar-refractivity contribution in [3.63, 3.8) is 0 Å². The molecule has 1 fully saturated rings. The zero-order valence-corrected chi connectivity index (χ0v) is 19.7. The lowest BCUT2D eigenvalue weighted by atomic mass is 10.1. The second-order valence-electron chi connectivity index (χ2n) is 8.06. The van der Waals surface area contributed by atoms with Gasteiger partial charge in [0.1, 0.15) is 11.6 Å². The molecule has 178 valence electrons. The van der Waals surface area contributed by atoms with Crippen LogP contribution in [-0.4, -0.2) is 50.8 Å². The van der Waals surface area contributed by atoms with Gasteiger partial charge >= 0.3 is 0 Å². The first-order chi connectivity index (χ1) is 16.2. The normalized spacial score (nSPS) is 13.8. The topological polar surface area (TPSA) is 91.8 Å². The first-order valence-corrected chi connectivity index (χ1v) is 12.2. The largest absolute Gasteiger partial charge is 0.439 e. The van der Waals surface area contributed by atoms with Crippen molar-refractivity contribution in [1.29, 1.82) is 0 Å². The molecule has 0 atom stereocenters. The van der Waals surface area contributed by atoms with E-state index in [0.717, 1.165) is 30.2 Å². The molecule has 1 N–H and O–H groups in total. The number of benzene rings is 2. The highest BCUT2D eigenvalue weighted by Gasteiger charge is 2.24. The molecule has 2 aromatic carbocycles. The number of carbonyl (C=O) groups excluding carboxylic acids is 1. The van der Waals surface area contributed by atoms with Crippen LogP contribution < -0.4 is 15.0 Å². The number of hydrogen-bond donors (Lipinski definition) is 1. The van der Waals surface area contributed by atoms with Crippen LogP contribution in [0.25, 0.3) is 0 Å². The van der Waals surface area contributed by atoms with Gasteiger partial charge < -0.3 is 15.0 Å². The number of amides is 1. The van der Waals surface area contributed by atoms with Crippen LogP contribution in [0.15, 0.2) is 65.7 Å². The van der Waals surface area contributed by atoms with Crippen LogP contribution in [0, 0.1) is 5.82 Å². The van der Waals surface area contributed by atoms with Gasteiger partial charge in [0.05, 0.1) is 22.3 Å². The summed E-state index contributed by atoms with van der Waals surface area (Å²) in [6.07, 6.45) is 3.46. The summed E-state index contributed by atoms with van der Waals surface area (Å²) < 4.78 is 45.0. The zero-order valence-electron chi connectivity index (χ0n) is 18.9. The van der Waals surface area contributed by atoms with Crippen molar-refractivity contribution in [3.05, 3.63) is 72.2 Å². The fraction of sp³-hybridized carbons (Fsp3) is 0.250. The number of anilines is 2. The Hall–Kier alpha value is -3.50. The van der Waals surface area contributed by atoms with E-state index < -0.39 is 15.9 Å². The van der Waals surface area contributed by atoms with E-state index in [-0.39, 0.29) is 22.2 Å². The first kappa shape index (κ1) is 23.7. The summed E-state index contributed by atoms with van der Waals surface area (Å²) >= 11 is 0. The summed E-state index contributed by atoms with van der Waals surface area (Å²) in [7, 11) is -0.803. The number of nitrogens with zero attached hydrogens (tertiary/aromatic N) is 3. The van der Waals surface area contributed by atoms with E-state index in [4.69, 9.17) is 4.74 Å². The molecule has 1 aliphatic heterocycles. The second kappa shape index (κ2) is 9.78. The van der Waals surface area contributed by atoms with Crippen LogP contribution in [0.3, 0.4) is 0 Å². The van der Waals surface area contributed by atoms with Gasteiger partial charge in [0.2, 0.25) is 15.9 Å². The minimum absolute atomic E-state index is 0.0479. The van der Waals surface area contributed by atoms with E-state index in [1.807, 2.05) is 0 Å². The molecule has 0 bridgehead atoms. The van der Waals surface area contributed by atoms with Crippen LogP contribution in [0.1, 0.15) is 23.2 Å². The predicted octanol–water partition coefficient (Wildman–Crippen LogP) is 4.12. The lowest BCUT2D eigenvalue weighted by Gasteiger charge is -2.22. The number of rotatable bonds is 7. The lowest BCUT2D eigenvalue weighted by Crippen LogP contribution is -2.25. The van der Waals surface area contributed by atoms with Crippen LogP contribution in [-0.2, 0) is 10.0 Å². The zero-order chi connectivity index (χ0) is 24.3. The molecule has 3 aromatic rings. The number of sulfonamides is 1. The van der Waals surface area contributed by atoms with Gasteiger partial charge in [-0.2, -0.15) is 0 Å². The van der Waals surface area contributed by atoms with Gasteiger partial charge in [-0.05, 0) is 61.4 Å². The maximum Gasteiger partial charge on any atom is 0.257 e. The molecule has 10 heteroatoms. The van der Waals surface area contributed by atoms with Gasteiger partial charge in [-0.25, -0.2) is 22.1 Å². The number of aromatic nitrogens is 1. The molecule has 1 saturated heterocycles. The third-order valence-corrected chi connectivity index (χ3v) is 7.28. The van der Waals surface area contributed by atoms with Crippen LogP contribution in [0.5, 0.6) is 11.6 Å². The summed E-state index contributed by atoms with van der Waals surface area (Å²) in [5.74, 6) is -0.0953. The number of carbonyl (C=O) groups is 1. The van der Waals surface area contributed by atoms with Crippen molar-refractivity contribution >= 4 is 27.3 Å². The molecule has 4 rings (SSSR count). The SMILES string of the molecule is CN(C)S(=O)(=O)c1ccc(N2CCCC2)c(C(=O)Nc2ccc(Oc3ccc(F)cc3)nc2)c1. The number of halogens is 1. The van der Waals surface area contributed by atoms with E-state index >= 15 is 0 Å². The maximum absolute atomic E-state index is 13.2. The quantitative estimate of drug-likeness (QED) is 0.543. The minimum Gasteiger partial charge on any atom is -0.439 e. The van der Waals surface area contributed by atoms with Crippen molar-refractivity contribution in [1.82, 2.24) is 9.29 Å². The number of nitrogens with one attached hydrogen (secondary N) is 1. The van der Waals surface area contributed by atoms with Gasteiger partial charge in [0.25, 0.3) is 5.91 Å². The van der Waals surface area contributed by atoms with Crippen molar-refractivity contribution in [2.45, 2.75) is 17.7 Å². The average molecular weight is 485 g/mol. The van der Waals surface area contributed by atoms with Gasteiger partial charge in [-0.1, -0.05) is 0 Å². The molecule has 0 radical (unpaired) electrons. The van der Waals surface area contributed by atoms with Gasteiger partial charge in [0, 0.05) is 38.9 Å². The molecule has 1 amide bonds. The summed E-state index contributed by atoms with van der Waals surface area (Å²) in [4.78, 5) is 19.5. The van der Waals surface area contributed by atoms with Gasteiger partial charge in [0.15, 0.2) is 0 Å². The molecule has 0 aliphatic carbocycles. The monoisotopic (exact) mass is 484 g/mol. The van der Waals surface area contributed by atoms with E-state index in [9.17, 15) is 17.6 Å².